The number of fused-ring (bicyclic) bond motifs is 1. The Bertz CT molecular complexity index is 736. The number of benzene rings is 1. The van der Waals surface area contributed by atoms with Crippen LogP contribution in [0.3, 0.4) is 0 Å². The molecule has 0 unspecified atom stereocenters. The fraction of sp³-hybridized carbons (Fsp3) is 0.312. The Morgan fingerprint density at radius 3 is 2.90 bits per heavy atom. The number of nitrogens with zero attached hydrogens (tertiary/aromatic N) is 4. The van der Waals surface area contributed by atoms with Crippen LogP contribution in [0.5, 0.6) is 5.75 Å². The molecule has 0 aliphatic rings. The second kappa shape index (κ2) is 5.91. The number of hydrogen-bond acceptors (Lipinski definition) is 4. The molecule has 1 aromatic carbocycles. The lowest BCUT2D eigenvalue weighted by Gasteiger charge is -2.10. The molecule has 0 aliphatic heterocycles. The zero-order valence-corrected chi connectivity index (χ0v) is 12.2. The Morgan fingerprint density at radius 1 is 1.19 bits per heavy atom. The summed E-state index contributed by atoms with van der Waals surface area (Å²) < 4.78 is 7.68. The van der Waals surface area contributed by atoms with Crippen LogP contribution in [0, 0.1) is 5.92 Å². The van der Waals surface area contributed by atoms with Gasteiger partial charge in [-0.15, -0.1) is 0 Å². The summed E-state index contributed by atoms with van der Waals surface area (Å²) in [7, 11) is 0. The molecule has 0 fully saturated rings. The molecule has 0 saturated carbocycles. The van der Waals surface area contributed by atoms with E-state index in [4.69, 9.17) is 4.74 Å². The van der Waals surface area contributed by atoms with Crippen molar-refractivity contribution < 1.29 is 4.74 Å². The van der Waals surface area contributed by atoms with Gasteiger partial charge in [-0.3, -0.25) is 4.98 Å². The number of rotatable bonds is 5. The average Bonchev–Trinajstić information content (AvgIpc) is 2.91. The summed E-state index contributed by atoms with van der Waals surface area (Å²) >= 11 is 0. The third-order valence-electron chi connectivity index (χ3n) is 3.17. The summed E-state index contributed by atoms with van der Waals surface area (Å²) in [5, 5.41) is 5.30. The molecule has 108 valence electrons. The third kappa shape index (κ3) is 3.18. The van der Waals surface area contributed by atoms with Gasteiger partial charge in [-0.05, 0) is 18.1 Å². The smallest absolute Gasteiger partial charge is 0.164 e. The van der Waals surface area contributed by atoms with Crippen molar-refractivity contribution in [2.75, 3.05) is 0 Å². The highest BCUT2D eigenvalue weighted by molar-refractivity contribution is 5.79. The van der Waals surface area contributed by atoms with Crippen LogP contribution >= 0.6 is 0 Å². The lowest BCUT2D eigenvalue weighted by Crippen LogP contribution is -2.12. The van der Waals surface area contributed by atoms with E-state index in [1.165, 1.54) is 0 Å². The lowest BCUT2D eigenvalue weighted by molar-refractivity contribution is 0.282. The molecule has 3 aromatic rings. The molecule has 2 aromatic heterocycles. The zero-order valence-electron chi connectivity index (χ0n) is 12.2. The van der Waals surface area contributed by atoms with Crippen LogP contribution in [0.25, 0.3) is 10.9 Å². The van der Waals surface area contributed by atoms with E-state index in [-0.39, 0.29) is 0 Å². The van der Waals surface area contributed by atoms with Crippen LogP contribution < -0.4 is 4.74 Å². The fourth-order valence-electron chi connectivity index (χ4n) is 2.18. The standard InChI is InChI=1S/C16H18N4O/c1-12(2)9-20-16(18-11-19-20)10-21-14-7-13-5-3-4-6-15(13)17-8-14/h3-8,11-12H,9-10H2,1-2H3. The van der Waals surface area contributed by atoms with E-state index in [9.17, 15) is 0 Å². The first kappa shape index (κ1) is 13.5. The summed E-state index contributed by atoms with van der Waals surface area (Å²) in [6.07, 6.45) is 3.31. The van der Waals surface area contributed by atoms with Crippen molar-refractivity contribution in [1.29, 1.82) is 0 Å². The van der Waals surface area contributed by atoms with Crippen molar-refractivity contribution in [3.8, 4) is 5.75 Å². The Hall–Kier alpha value is -2.43. The Labute approximate surface area is 123 Å². The van der Waals surface area contributed by atoms with E-state index in [1.807, 2.05) is 35.0 Å². The number of pyridine rings is 1. The van der Waals surface area contributed by atoms with Gasteiger partial charge >= 0.3 is 0 Å². The molecular weight excluding hydrogens is 264 g/mol. The van der Waals surface area contributed by atoms with Gasteiger partial charge in [0.1, 0.15) is 18.7 Å². The summed E-state index contributed by atoms with van der Waals surface area (Å²) in [6, 6.07) is 9.97. The lowest BCUT2D eigenvalue weighted by atomic mass is 10.2. The van der Waals surface area contributed by atoms with E-state index in [2.05, 4.69) is 28.9 Å². The van der Waals surface area contributed by atoms with Crippen molar-refractivity contribution in [2.45, 2.75) is 27.0 Å². The first-order valence-corrected chi connectivity index (χ1v) is 7.06. The van der Waals surface area contributed by atoms with Gasteiger partial charge in [0, 0.05) is 11.9 Å². The molecule has 0 aliphatic carbocycles. The van der Waals surface area contributed by atoms with Crippen molar-refractivity contribution >= 4 is 10.9 Å². The van der Waals surface area contributed by atoms with Crippen molar-refractivity contribution in [1.82, 2.24) is 19.7 Å². The second-order valence-electron chi connectivity index (χ2n) is 5.40. The summed E-state index contributed by atoms with van der Waals surface area (Å²) in [6.45, 7) is 5.54. The normalized spacial score (nSPS) is 11.2. The number of ether oxygens (including phenoxy) is 1. The molecule has 0 spiro atoms. The predicted octanol–water partition coefficient (Wildman–Crippen LogP) is 3.06. The minimum atomic E-state index is 0.396. The van der Waals surface area contributed by atoms with Crippen molar-refractivity contribution in [2.24, 2.45) is 5.92 Å². The molecule has 5 nitrogen and oxygen atoms in total. The molecule has 0 saturated heterocycles. The summed E-state index contributed by atoms with van der Waals surface area (Å²) in [5.41, 5.74) is 0.966. The largest absolute Gasteiger partial charge is 0.484 e. The minimum Gasteiger partial charge on any atom is -0.484 e. The third-order valence-corrected chi connectivity index (χ3v) is 3.17. The molecule has 21 heavy (non-hydrogen) atoms. The van der Waals surface area contributed by atoms with E-state index < -0.39 is 0 Å². The van der Waals surface area contributed by atoms with Crippen molar-refractivity contribution in [3.05, 3.63) is 48.7 Å². The second-order valence-corrected chi connectivity index (χ2v) is 5.40. The maximum Gasteiger partial charge on any atom is 0.164 e. The highest BCUT2D eigenvalue weighted by Crippen LogP contribution is 2.18. The van der Waals surface area contributed by atoms with Gasteiger partial charge in [0.15, 0.2) is 5.82 Å². The van der Waals surface area contributed by atoms with E-state index in [0.717, 1.165) is 29.0 Å². The highest BCUT2D eigenvalue weighted by atomic mass is 16.5. The van der Waals surface area contributed by atoms with E-state index >= 15 is 0 Å². The van der Waals surface area contributed by atoms with Crippen LogP contribution in [0.15, 0.2) is 42.9 Å². The number of para-hydroxylation sites is 1. The molecule has 0 radical (unpaired) electrons. The molecular formula is C16H18N4O. The molecule has 0 N–H and O–H groups in total. The molecule has 0 bridgehead atoms. The predicted molar refractivity (Wildman–Crippen MR) is 80.9 cm³/mol. The van der Waals surface area contributed by atoms with Gasteiger partial charge in [0.05, 0.1) is 11.7 Å². The number of aromatic nitrogens is 4. The first-order chi connectivity index (χ1) is 10.2. The zero-order chi connectivity index (χ0) is 14.7. The average molecular weight is 282 g/mol. The first-order valence-electron chi connectivity index (χ1n) is 7.06. The van der Waals surface area contributed by atoms with Gasteiger partial charge in [0.2, 0.25) is 0 Å². The highest BCUT2D eigenvalue weighted by Gasteiger charge is 2.07. The van der Waals surface area contributed by atoms with Gasteiger partial charge in [-0.25, -0.2) is 9.67 Å². The van der Waals surface area contributed by atoms with Crippen LogP contribution in [0.1, 0.15) is 19.7 Å². The SMILES string of the molecule is CC(C)Cn1ncnc1COc1cnc2ccccc2c1. The molecule has 5 heteroatoms. The van der Waals surface area contributed by atoms with E-state index in [1.54, 1.807) is 12.5 Å². The van der Waals surface area contributed by atoms with Gasteiger partial charge in [-0.2, -0.15) is 5.10 Å². The Morgan fingerprint density at radius 2 is 2.05 bits per heavy atom. The van der Waals surface area contributed by atoms with E-state index in [0.29, 0.717) is 12.5 Å². The molecule has 0 atom stereocenters. The quantitative estimate of drug-likeness (QED) is 0.721. The Kier molecular flexibility index (Phi) is 3.81. The minimum absolute atomic E-state index is 0.396. The van der Waals surface area contributed by atoms with Crippen LogP contribution in [0.4, 0.5) is 0 Å². The van der Waals surface area contributed by atoms with Crippen LogP contribution in [-0.4, -0.2) is 19.7 Å². The summed E-state index contributed by atoms with van der Waals surface area (Å²) in [5.74, 6) is 2.09. The van der Waals surface area contributed by atoms with Crippen LogP contribution in [-0.2, 0) is 13.2 Å². The maximum absolute atomic E-state index is 5.79. The fourth-order valence-corrected chi connectivity index (χ4v) is 2.18. The van der Waals surface area contributed by atoms with Crippen LogP contribution in [0.2, 0.25) is 0 Å². The molecule has 2 heterocycles. The molecule has 3 rings (SSSR count). The summed E-state index contributed by atoms with van der Waals surface area (Å²) in [4.78, 5) is 8.64. The van der Waals surface area contributed by atoms with Gasteiger partial charge < -0.3 is 4.74 Å². The maximum atomic E-state index is 5.79. The van der Waals surface area contributed by atoms with Crippen molar-refractivity contribution in [3.63, 3.8) is 0 Å². The Balaban J connectivity index is 1.73. The number of hydrogen-bond donors (Lipinski definition) is 0. The topological polar surface area (TPSA) is 52.8 Å². The molecule has 0 amide bonds. The van der Waals surface area contributed by atoms with Gasteiger partial charge in [-0.1, -0.05) is 32.0 Å². The van der Waals surface area contributed by atoms with Gasteiger partial charge in [0.25, 0.3) is 0 Å². The monoisotopic (exact) mass is 282 g/mol.